The zero-order chi connectivity index (χ0) is 14.9. The average molecular weight is 282 g/mol. The van der Waals surface area contributed by atoms with Crippen LogP contribution in [0.1, 0.15) is 52.9 Å². The van der Waals surface area contributed by atoms with Crippen LogP contribution >= 0.6 is 0 Å². The summed E-state index contributed by atoms with van der Waals surface area (Å²) in [6.45, 7) is 7.07. The summed E-state index contributed by atoms with van der Waals surface area (Å²) in [6.07, 6.45) is 3.95. The van der Waals surface area contributed by atoms with Crippen molar-refractivity contribution in [3.05, 3.63) is 0 Å². The largest absolute Gasteiger partial charge is 0.480 e. The van der Waals surface area contributed by atoms with Crippen molar-refractivity contribution in [2.75, 3.05) is 6.54 Å². The van der Waals surface area contributed by atoms with Gasteiger partial charge in [0.05, 0.1) is 0 Å². The maximum absolute atomic E-state index is 12.5. The summed E-state index contributed by atoms with van der Waals surface area (Å²) in [5.41, 5.74) is -1.04. The zero-order valence-electron chi connectivity index (χ0n) is 12.7. The molecule has 2 amide bonds. The minimum absolute atomic E-state index is 0.165. The summed E-state index contributed by atoms with van der Waals surface area (Å²) < 4.78 is 0. The molecule has 3 unspecified atom stereocenters. The van der Waals surface area contributed by atoms with Crippen LogP contribution < -0.4 is 5.32 Å². The minimum Gasteiger partial charge on any atom is -0.480 e. The molecule has 0 spiro atoms. The maximum Gasteiger partial charge on any atom is 0.329 e. The lowest BCUT2D eigenvalue weighted by atomic mass is 9.86. The molecule has 2 rings (SSSR count). The Bertz CT molecular complexity index is 391. The highest BCUT2D eigenvalue weighted by Crippen LogP contribution is 2.32. The van der Waals surface area contributed by atoms with Gasteiger partial charge >= 0.3 is 12.0 Å². The van der Waals surface area contributed by atoms with Gasteiger partial charge in [0, 0.05) is 12.6 Å². The molecule has 0 aromatic rings. The van der Waals surface area contributed by atoms with E-state index in [9.17, 15) is 14.7 Å². The van der Waals surface area contributed by atoms with Crippen LogP contribution in [0.4, 0.5) is 4.79 Å². The van der Waals surface area contributed by atoms with Crippen LogP contribution in [-0.4, -0.2) is 40.1 Å². The molecule has 20 heavy (non-hydrogen) atoms. The molecule has 2 N–H and O–H groups in total. The monoisotopic (exact) mass is 282 g/mol. The normalized spacial score (nSPS) is 33.0. The van der Waals surface area contributed by atoms with Crippen molar-refractivity contribution in [2.24, 2.45) is 11.8 Å². The summed E-state index contributed by atoms with van der Waals surface area (Å²) in [5.74, 6) is 0.0271. The fourth-order valence-electron chi connectivity index (χ4n) is 3.63. The molecule has 5 nitrogen and oxygen atoms in total. The Morgan fingerprint density at radius 1 is 1.20 bits per heavy atom. The van der Waals surface area contributed by atoms with Gasteiger partial charge in [-0.3, -0.25) is 0 Å². The van der Waals surface area contributed by atoms with E-state index in [2.05, 4.69) is 26.1 Å². The Hall–Kier alpha value is -1.26. The van der Waals surface area contributed by atoms with E-state index in [0.717, 1.165) is 19.3 Å². The van der Waals surface area contributed by atoms with Crippen LogP contribution in [0.15, 0.2) is 0 Å². The van der Waals surface area contributed by atoms with Gasteiger partial charge in [-0.05, 0) is 38.0 Å². The molecule has 0 bridgehead atoms. The first-order chi connectivity index (χ1) is 9.35. The molecule has 2 fully saturated rings. The fraction of sp³-hybridized carbons (Fsp3) is 0.867. The van der Waals surface area contributed by atoms with E-state index >= 15 is 0 Å². The number of rotatable bonds is 2. The first-order valence-corrected chi connectivity index (χ1v) is 7.68. The molecule has 2 aliphatic rings. The lowest BCUT2D eigenvalue weighted by molar-refractivity contribution is -0.144. The Labute approximate surface area is 120 Å². The second-order valence-electron chi connectivity index (χ2n) is 6.74. The molecule has 1 heterocycles. The number of hydrogen-bond acceptors (Lipinski definition) is 2. The number of nitrogens with one attached hydrogen (secondary N) is 1. The lowest BCUT2D eigenvalue weighted by Crippen LogP contribution is -2.60. The van der Waals surface area contributed by atoms with Crippen LogP contribution in [0.2, 0.25) is 0 Å². The first-order valence-electron chi connectivity index (χ1n) is 7.68. The van der Waals surface area contributed by atoms with Crippen LogP contribution in [-0.2, 0) is 4.79 Å². The number of carbonyl (C=O) groups excluding carboxylic acids is 1. The van der Waals surface area contributed by atoms with Crippen molar-refractivity contribution in [1.29, 1.82) is 0 Å². The molecular formula is C15H26N2O3. The Kier molecular flexibility index (Phi) is 4.25. The van der Waals surface area contributed by atoms with Gasteiger partial charge in [0.2, 0.25) is 0 Å². The summed E-state index contributed by atoms with van der Waals surface area (Å²) in [4.78, 5) is 25.9. The highest BCUT2D eigenvalue weighted by Gasteiger charge is 2.44. The molecule has 0 aromatic heterocycles. The van der Waals surface area contributed by atoms with Crippen molar-refractivity contribution in [3.63, 3.8) is 0 Å². The number of carbonyl (C=O) groups is 2. The summed E-state index contributed by atoms with van der Waals surface area (Å²) in [7, 11) is 0. The van der Waals surface area contributed by atoms with Crippen LogP contribution in [0, 0.1) is 11.8 Å². The first kappa shape index (κ1) is 15.1. The Balaban J connectivity index is 2.08. The molecule has 1 aliphatic carbocycles. The highest BCUT2D eigenvalue weighted by molar-refractivity contribution is 5.86. The molecule has 1 saturated carbocycles. The smallest absolute Gasteiger partial charge is 0.329 e. The Morgan fingerprint density at radius 3 is 2.35 bits per heavy atom. The van der Waals surface area contributed by atoms with Gasteiger partial charge in [-0.25, -0.2) is 9.59 Å². The number of nitrogens with zero attached hydrogens (tertiary/aromatic N) is 1. The van der Waals surface area contributed by atoms with E-state index in [0.29, 0.717) is 31.2 Å². The molecule has 0 radical (unpaired) electrons. The van der Waals surface area contributed by atoms with Gasteiger partial charge < -0.3 is 15.3 Å². The van der Waals surface area contributed by atoms with Crippen LogP contribution in [0.25, 0.3) is 0 Å². The van der Waals surface area contributed by atoms with E-state index in [1.54, 1.807) is 0 Å². The fourth-order valence-corrected chi connectivity index (χ4v) is 3.63. The number of carboxylic acid groups (broad SMARTS) is 1. The second-order valence-corrected chi connectivity index (χ2v) is 6.74. The van der Waals surface area contributed by atoms with E-state index in [4.69, 9.17) is 0 Å². The van der Waals surface area contributed by atoms with Crippen LogP contribution in [0.5, 0.6) is 0 Å². The van der Waals surface area contributed by atoms with Gasteiger partial charge in [0.15, 0.2) is 0 Å². The standard InChI is InChI=1S/C15H26N2O3/c1-10-8-11(2)12(3)17(9-10)14(20)16-15(13(18)19)6-4-5-7-15/h10-12H,4-9H2,1-3H3,(H,16,20)(H,18,19). The summed E-state index contributed by atoms with van der Waals surface area (Å²) >= 11 is 0. The van der Waals surface area contributed by atoms with Gasteiger partial charge in [-0.15, -0.1) is 0 Å². The minimum atomic E-state index is -1.04. The SMILES string of the molecule is CC1CC(C)C(C)N(C(=O)NC2(C(=O)O)CCCC2)C1. The maximum atomic E-state index is 12.5. The number of urea groups is 1. The molecule has 1 aliphatic heterocycles. The molecule has 114 valence electrons. The predicted molar refractivity (Wildman–Crippen MR) is 76.5 cm³/mol. The molecule has 1 saturated heterocycles. The molecule has 5 heteroatoms. The number of amides is 2. The van der Waals surface area contributed by atoms with Crippen molar-refractivity contribution in [1.82, 2.24) is 10.2 Å². The van der Waals surface area contributed by atoms with Crippen molar-refractivity contribution < 1.29 is 14.7 Å². The third-order valence-electron chi connectivity index (χ3n) is 5.07. The third kappa shape index (κ3) is 2.76. The quantitative estimate of drug-likeness (QED) is 0.817. The lowest BCUT2D eigenvalue weighted by Gasteiger charge is -2.42. The number of aliphatic carboxylic acids is 1. The average Bonchev–Trinajstić information content (AvgIpc) is 2.83. The summed E-state index contributed by atoms with van der Waals surface area (Å²) in [6, 6.07) is -0.0429. The highest BCUT2D eigenvalue weighted by atomic mass is 16.4. The van der Waals surface area contributed by atoms with E-state index in [1.807, 2.05) is 4.90 Å². The molecular weight excluding hydrogens is 256 g/mol. The Morgan fingerprint density at radius 2 is 1.80 bits per heavy atom. The number of hydrogen-bond donors (Lipinski definition) is 2. The third-order valence-corrected chi connectivity index (χ3v) is 5.07. The number of piperidine rings is 1. The topological polar surface area (TPSA) is 69.6 Å². The van der Waals surface area contributed by atoms with E-state index < -0.39 is 11.5 Å². The van der Waals surface area contributed by atoms with Gasteiger partial charge in [-0.1, -0.05) is 26.7 Å². The van der Waals surface area contributed by atoms with E-state index in [-0.39, 0.29) is 12.1 Å². The van der Waals surface area contributed by atoms with Crippen molar-refractivity contribution >= 4 is 12.0 Å². The van der Waals surface area contributed by atoms with Crippen molar-refractivity contribution in [2.45, 2.75) is 64.5 Å². The summed E-state index contributed by atoms with van der Waals surface area (Å²) in [5, 5.41) is 12.3. The van der Waals surface area contributed by atoms with Gasteiger partial charge in [-0.2, -0.15) is 0 Å². The molecule has 0 aromatic carbocycles. The van der Waals surface area contributed by atoms with E-state index in [1.165, 1.54) is 0 Å². The van der Waals surface area contributed by atoms with Gasteiger partial charge in [0.1, 0.15) is 5.54 Å². The number of carboxylic acids is 1. The van der Waals surface area contributed by atoms with Crippen molar-refractivity contribution in [3.8, 4) is 0 Å². The van der Waals surface area contributed by atoms with Gasteiger partial charge in [0.25, 0.3) is 0 Å². The zero-order valence-corrected chi connectivity index (χ0v) is 12.7. The number of likely N-dealkylation sites (tertiary alicyclic amines) is 1. The van der Waals surface area contributed by atoms with Crippen LogP contribution in [0.3, 0.4) is 0 Å². The second kappa shape index (κ2) is 5.62. The predicted octanol–water partition coefficient (Wildman–Crippen LogP) is 2.46. The molecule has 3 atom stereocenters.